The number of halogens is 1. The molecule has 1 aromatic rings. The molecule has 0 aliphatic heterocycles. The first kappa shape index (κ1) is 15.4. The SMILES string of the molecule is CSC1(CNS(=O)(=O)c2cccc(Br)c2)CCCC1. The van der Waals surface area contributed by atoms with E-state index in [4.69, 9.17) is 0 Å². The minimum atomic E-state index is -3.41. The van der Waals surface area contributed by atoms with Crippen LogP contribution < -0.4 is 4.72 Å². The smallest absolute Gasteiger partial charge is 0.210 e. The highest BCUT2D eigenvalue weighted by Crippen LogP contribution is 2.39. The predicted molar refractivity (Wildman–Crippen MR) is 84.0 cm³/mol. The largest absolute Gasteiger partial charge is 0.240 e. The molecule has 0 amide bonds. The minimum Gasteiger partial charge on any atom is -0.210 e. The van der Waals surface area contributed by atoms with Crippen LogP contribution in [0.1, 0.15) is 25.7 Å². The van der Waals surface area contributed by atoms with E-state index >= 15 is 0 Å². The molecule has 0 spiro atoms. The van der Waals surface area contributed by atoms with Gasteiger partial charge in [0.15, 0.2) is 0 Å². The van der Waals surface area contributed by atoms with Gasteiger partial charge in [-0.1, -0.05) is 34.8 Å². The van der Waals surface area contributed by atoms with Crippen molar-refractivity contribution in [1.82, 2.24) is 4.72 Å². The van der Waals surface area contributed by atoms with Crippen LogP contribution in [0.2, 0.25) is 0 Å². The molecule has 6 heteroatoms. The van der Waals surface area contributed by atoms with E-state index in [1.54, 1.807) is 30.0 Å². The maximum atomic E-state index is 12.3. The van der Waals surface area contributed by atoms with Gasteiger partial charge in [-0.25, -0.2) is 13.1 Å². The molecule has 0 unspecified atom stereocenters. The molecule has 2 rings (SSSR count). The summed E-state index contributed by atoms with van der Waals surface area (Å²) < 4.78 is 28.1. The monoisotopic (exact) mass is 363 g/mol. The zero-order chi connectivity index (χ0) is 13.9. The molecule has 0 radical (unpaired) electrons. The van der Waals surface area contributed by atoms with Gasteiger partial charge in [0.25, 0.3) is 0 Å². The lowest BCUT2D eigenvalue weighted by molar-refractivity contribution is 0.551. The lowest BCUT2D eigenvalue weighted by Gasteiger charge is -2.26. The molecule has 0 atom stereocenters. The van der Waals surface area contributed by atoms with Crippen LogP contribution in [0, 0.1) is 0 Å². The highest BCUT2D eigenvalue weighted by molar-refractivity contribution is 9.10. The molecule has 0 aromatic heterocycles. The Morgan fingerprint density at radius 1 is 1.37 bits per heavy atom. The van der Waals surface area contributed by atoms with Gasteiger partial charge >= 0.3 is 0 Å². The standard InChI is InChI=1S/C13H18BrNO2S2/c1-18-13(7-2-3-8-13)10-15-19(16,17)12-6-4-5-11(14)9-12/h4-6,9,15H,2-3,7-8,10H2,1H3. The molecule has 0 saturated heterocycles. The Balaban J connectivity index is 2.09. The number of benzene rings is 1. The topological polar surface area (TPSA) is 46.2 Å². The van der Waals surface area contributed by atoms with Gasteiger partial charge in [0.05, 0.1) is 4.90 Å². The lowest BCUT2D eigenvalue weighted by atomic mass is 10.1. The maximum Gasteiger partial charge on any atom is 0.240 e. The Bertz CT molecular complexity index is 539. The van der Waals surface area contributed by atoms with Crippen LogP contribution in [0.4, 0.5) is 0 Å². The fourth-order valence-electron chi connectivity index (χ4n) is 2.42. The molecule has 3 nitrogen and oxygen atoms in total. The Morgan fingerprint density at radius 2 is 2.05 bits per heavy atom. The van der Waals surface area contributed by atoms with E-state index in [1.807, 2.05) is 6.07 Å². The molecular weight excluding hydrogens is 346 g/mol. The minimum absolute atomic E-state index is 0.0824. The fourth-order valence-corrected chi connectivity index (χ4v) is 5.14. The third-order valence-corrected chi connectivity index (χ3v) is 6.95. The summed E-state index contributed by atoms with van der Waals surface area (Å²) in [7, 11) is -3.41. The quantitative estimate of drug-likeness (QED) is 0.871. The van der Waals surface area contributed by atoms with E-state index in [1.165, 1.54) is 12.8 Å². The Morgan fingerprint density at radius 3 is 2.63 bits per heavy atom. The highest BCUT2D eigenvalue weighted by atomic mass is 79.9. The summed E-state index contributed by atoms with van der Waals surface area (Å²) in [4.78, 5) is 0.316. The molecule has 1 N–H and O–H groups in total. The normalized spacial score (nSPS) is 18.6. The number of hydrogen-bond donors (Lipinski definition) is 1. The van der Waals surface area contributed by atoms with E-state index in [0.29, 0.717) is 11.4 Å². The van der Waals surface area contributed by atoms with Crippen LogP contribution in [0.3, 0.4) is 0 Å². The van der Waals surface area contributed by atoms with Crippen molar-refractivity contribution in [3.63, 3.8) is 0 Å². The second-order valence-electron chi connectivity index (χ2n) is 4.88. The van der Waals surface area contributed by atoms with Gasteiger partial charge in [-0.2, -0.15) is 11.8 Å². The molecule has 1 aliphatic carbocycles. The van der Waals surface area contributed by atoms with Crippen LogP contribution in [-0.2, 0) is 10.0 Å². The van der Waals surface area contributed by atoms with E-state index in [-0.39, 0.29) is 4.75 Å². The van der Waals surface area contributed by atoms with E-state index in [9.17, 15) is 8.42 Å². The van der Waals surface area contributed by atoms with Crippen LogP contribution >= 0.6 is 27.7 Å². The van der Waals surface area contributed by atoms with Crippen molar-refractivity contribution in [2.75, 3.05) is 12.8 Å². The van der Waals surface area contributed by atoms with Crippen molar-refractivity contribution in [2.24, 2.45) is 0 Å². The molecule has 1 fully saturated rings. The third kappa shape index (κ3) is 3.74. The summed E-state index contributed by atoms with van der Waals surface area (Å²) in [6.45, 7) is 0.517. The molecule has 1 saturated carbocycles. The third-order valence-electron chi connectivity index (χ3n) is 3.64. The first-order chi connectivity index (χ1) is 8.97. The molecule has 1 aliphatic rings. The van der Waals surface area contributed by atoms with Gasteiger partial charge < -0.3 is 0 Å². The van der Waals surface area contributed by atoms with Gasteiger partial charge in [0, 0.05) is 15.8 Å². The molecule has 1 aromatic carbocycles. The molecule has 106 valence electrons. The lowest BCUT2D eigenvalue weighted by Crippen LogP contribution is -2.38. The summed E-state index contributed by atoms with van der Waals surface area (Å²) in [5.41, 5.74) is 0. The van der Waals surface area contributed by atoms with E-state index < -0.39 is 10.0 Å². The highest BCUT2D eigenvalue weighted by Gasteiger charge is 2.34. The number of nitrogens with one attached hydrogen (secondary N) is 1. The summed E-state index contributed by atoms with van der Waals surface area (Å²) in [5, 5.41) is 0. The second-order valence-corrected chi connectivity index (χ2v) is 8.83. The zero-order valence-electron chi connectivity index (χ0n) is 10.9. The average molecular weight is 364 g/mol. The number of thioether (sulfide) groups is 1. The van der Waals surface area contributed by atoms with Gasteiger partial charge in [0.2, 0.25) is 10.0 Å². The number of sulfonamides is 1. The van der Waals surface area contributed by atoms with Gasteiger partial charge in [-0.05, 0) is 37.3 Å². The maximum absolute atomic E-state index is 12.3. The number of hydrogen-bond acceptors (Lipinski definition) is 3. The Hall–Kier alpha value is -0.0400. The van der Waals surface area contributed by atoms with Crippen molar-refractivity contribution < 1.29 is 8.42 Å². The van der Waals surface area contributed by atoms with Crippen LogP contribution in [0.5, 0.6) is 0 Å². The van der Waals surface area contributed by atoms with Crippen molar-refractivity contribution in [1.29, 1.82) is 0 Å². The van der Waals surface area contributed by atoms with Crippen LogP contribution in [-0.4, -0.2) is 26.0 Å². The fraction of sp³-hybridized carbons (Fsp3) is 0.538. The first-order valence-electron chi connectivity index (χ1n) is 6.28. The first-order valence-corrected chi connectivity index (χ1v) is 9.78. The molecule has 0 heterocycles. The molecule has 0 bridgehead atoms. The van der Waals surface area contributed by atoms with E-state index in [2.05, 4.69) is 26.9 Å². The second kappa shape index (κ2) is 6.16. The summed E-state index contributed by atoms with van der Waals surface area (Å²) >= 11 is 5.08. The van der Waals surface area contributed by atoms with Crippen LogP contribution in [0.25, 0.3) is 0 Å². The number of rotatable bonds is 5. The van der Waals surface area contributed by atoms with Crippen LogP contribution in [0.15, 0.2) is 33.6 Å². The average Bonchev–Trinajstić information content (AvgIpc) is 2.86. The molecular formula is C13H18BrNO2S2. The zero-order valence-corrected chi connectivity index (χ0v) is 14.1. The summed E-state index contributed by atoms with van der Waals surface area (Å²) in [6, 6.07) is 6.80. The van der Waals surface area contributed by atoms with Crippen molar-refractivity contribution in [2.45, 2.75) is 35.3 Å². The molecule has 19 heavy (non-hydrogen) atoms. The Labute approximate surface area is 127 Å². The van der Waals surface area contributed by atoms with Gasteiger partial charge in [-0.3, -0.25) is 0 Å². The van der Waals surface area contributed by atoms with Crippen molar-refractivity contribution >= 4 is 37.7 Å². The Kier molecular flexibility index (Phi) is 4.98. The summed E-state index contributed by atoms with van der Waals surface area (Å²) in [5.74, 6) is 0. The van der Waals surface area contributed by atoms with E-state index in [0.717, 1.165) is 17.3 Å². The van der Waals surface area contributed by atoms with Crippen molar-refractivity contribution in [3.8, 4) is 0 Å². The van der Waals surface area contributed by atoms with Gasteiger partial charge in [0.1, 0.15) is 0 Å². The predicted octanol–water partition coefficient (Wildman–Crippen LogP) is 3.40. The summed E-state index contributed by atoms with van der Waals surface area (Å²) in [6.07, 6.45) is 6.64. The van der Waals surface area contributed by atoms with Crippen molar-refractivity contribution in [3.05, 3.63) is 28.7 Å². The van der Waals surface area contributed by atoms with Gasteiger partial charge in [-0.15, -0.1) is 0 Å².